The van der Waals surface area contributed by atoms with Crippen LogP contribution in [0.1, 0.15) is 162 Å². The minimum atomic E-state index is 0.814. The Balaban J connectivity index is 3.02. The number of nitrogens with two attached hydrogens (primary N) is 1. The van der Waals surface area contributed by atoms with Crippen LogP contribution in [0.15, 0.2) is 11.9 Å². The highest BCUT2D eigenvalue weighted by atomic mass is 15.0. The predicted molar refractivity (Wildman–Crippen MR) is 138 cm³/mol. The van der Waals surface area contributed by atoms with Gasteiger partial charge in [-0.3, -0.25) is 0 Å². The topological polar surface area (TPSA) is 38.0 Å². The van der Waals surface area contributed by atoms with Crippen LogP contribution in [0.25, 0.3) is 0 Å². The number of allylic oxidation sites excluding steroid dienone is 1. The molecule has 0 saturated carbocycles. The summed E-state index contributed by atoms with van der Waals surface area (Å²) in [6.45, 7) is 5.30. The second-order valence-electron chi connectivity index (χ2n) is 9.45. The lowest BCUT2D eigenvalue weighted by molar-refractivity contribution is 0.517. The first kappa shape index (κ1) is 29.3. The Bertz CT molecular complexity index is 338. The van der Waals surface area contributed by atoms with E-state index in [2.05, 4.69) is 12.2 Å². The van der Waals surface area contributed by atoms with Crippen LogP contribution in [-0.4, -0.2) is 6.54 Å². The molecule has 0 unspecified atom stereocenters. The number of hydrogen-bond acceptors (Lipinski definition) is 2. The van der Waals surface area contributed by atoms with Gasteiger partial charge in [0.25, 0.3) is 0 Å². The normalized spacial score (nSPS) is 11.9. The van der Waals surface area contributed by atoms with E-state index in [0.29, 0.717) is 0 Å². The molecule has 2 heteroatoms. The first-order valence-electron chi connectivity index (χ1n) is 14.0. The molecule has 3 N–H and O–H groups in total. The first-order valence-corrected chi connectivity index (χ1v) is 14.0. The van der Waals surface area contributed by atoms with Crippen LogP contribution in [-0.2, 0) is 0 Å². The van der Waals surface area contributed by atoms with Crippen LogP contribution in [0.2, 0.25) is 0 Å². The molecule has 0 aliphatic heterocycles. The van der Waals surface area contributed by atoms with Gasteiger partial charge in [-0.15, -0.1) is 0 Å². The van der Waals surface area contributed by atoms with Crippen molar-refractivity contribution < 1.29 is 0 Å². The maximum absolute atomic E-state index is 5.72. The zero-order valence-corrected chi connectivity index (χ0v) is 21.1. The molecule has 0 aliphatic rings. The van der Waals surface area contributed by atoms with Gasteiger partial charge >= 0.3 is 0 Å². The summed E-state index contributed by atoms with van der Waals surface area (Å²) in [5, 5.41) is 3.23. The average molecular weight is 423 g/mol. The molecular weight excluding hydrogens is 364 g/mol. The zero-order valence-electron chi connectivity index (χ0n) is 21.1. The zero-order chi connectivity index (χ0) is 22.0. The molecule has 0 fully saturated rings. The van der Waals surface area contributed by atoms with Crippen molar-refractivity contribution in [2.24, 2.45) is 5.73 Å². The molecule has 0 rings (SSSR count). The van der Waals surface area contributed by atoms with Crippen LogP contribution in [0.4, 0.5) is 0 Å². The SMILES string of the molecule is CC=C(N)NCCCCCCCCCCCCCCCCCCCCCCCCC. The number of rotatable bonds is 25. The van der Waals surface area contributed by atoms with Gasteiger partial charge in [-0.25, -0.2) is 0 Å². The third-order valence-corrected chi connectivity index (χ3v) is 6.42. The fourth-order valence-electron chi connectivity index (χ4n) is 4.25. The van der Waals surface area contributed by atoms with Gasteiger partial charge in [0.1, 0.15) is 0 Å². The fraction of sp³-hybridized carbons (Fsp3) is 0.929. The molecule has 0 amide bonds. The van der Waals surface area contributed by atoms with Gasteiger partial charge in [0, 0.05) is 6.54 Å². The van der Waals surface area contributed by atoms with Gasteiger partial charge in [-0.1, -0.05) is 148 Å². The maximum atomic E-state index is 5.72. The third-order valence-electron chi connectivity index (χ3n) is 6.42. The second kappa shape index (κ2) is 26.4. The van der Waals surface area contributed by atoms with E-state index in [1.54, 1.807) is 0 Å². The van der Waals surface area contributed by atoms with Crippen molar-refractivity contribution in [3.63, 3.8) is 0 Å². The summed E-state index contributed by atoms with van der Waals surface area (Å²) in [6, 6.07) is 0. The van der Waals surface area contributed by atoms with Crippen LogP contribution >= 0.6 is 0 Å². The van der Waals surface area contributed by atoms with Crippen molar-refractivity contribution in [2.45, 2.75) is 162 Å². The standard InChI is InChI=1S/C28H58N2/c1-3-5-6-7-8-9-10-11-12-13-14-15-16-17-18-19-20-21-22-23-24-25-26-27-30-28(29)4-2/h4,30H,3,5-27,29H2,1-2H3. The highest BCUT2D eigenvalue weighted by Gasteiger charge is 1.96. The summed E-state index contributed by atoms with van der Waals surface area (Å²) < 4.78 is 0. The van der Waals surface area contributed by atoms with Crippen LogP contribution in [0, 0.1) is 0 Å². The Labute approximate surface area is 191 Å². The maximum Gasteiger partial charge on any atom is 0.0916 e. The van der Waals surface area contributed by atoms with Crippen molar-refractivity contribution in [3.8, 4) is 0 Å². The number of unbranched alkanes of at least 4 members (excludes halogenated alkanes) is 22. The van der Waals surface area contributed by atoms with Gasteiger partial charge in [-0.05, 0) is 19.4 Å². The highest BCUT2D eigenvalue weighted by Crippen LogP contribution is 2.15. The lowest BCUT2D eigenvalue weighted by Gasteiger charge is -2.06. The molecule has 0 spiro atoms. The van der Waals surface area contributed by atoms with E-state index in [1.165, 1.54) is 148 Å². The molecule has 0 bridgehead atoms. The van der Waals surface area contributed by atoms with Crippen molar-refractivity contribution in [1.82, 2.24) is 5.32 Å². The molecule has 2 nitrogen and oxygen atoms in total. The lowest BCUT2D eigenvalue weighted by Crippen LogP contribution is -2.20. The van der Waals surface area contributed by atoms with Crippen LogP contribution in [0.3, 0.4) is 0 Å². The summed E-state index contributed by atoms with van der Waals surface area (Å²) in [5.41, 5.74) is 5.72. The first-order chi connectivity index (χ1) is 14.8. The average Bonchev–Trinajstić information content (AvgIpc) is 2.76. The number of hydrogen-bond donors (Lipinski definition) is 2. The molecule has 0 aromatic rings. The Morgan fingerprint density at radius 3 is 1.03 bits per heavy atom. The Hall–Kier alpha value is -0.660. The molecular formula is C28H58N2. The summed E-state index contributed by atoms with van der Waals surface area (Å²) in [4.78, 5) is 0. The Morgan fingerprint density at radius 1 is 0.500 bits per heavy atom. The Kier molecular flexibility index (Phi) is 25.8. The second-order valence-corrected chi connectivity index (χ2v) is 9.45. The van der Waals surface area contributed by atoms with E-state index >= 15 is 0 Å². The van der Waals surface area contributed by atoms with E-state index in [9.17, 15) is 0 Å². The quantitative estimate of drug-likeness (QED) is 0.144. The molecule has 180 valence electrons. The van der Waals surface area contributed by atoms with Gasteiger partial charge in [-0.2, -0.15) is 0 Å². The van der Waals surface area contributed by atoms with Crippen LogP contribution < -0.4 is 11.1 Å². The van der Waals surface area contributed by atoms with Crippen molar-refractivity contribution in [1.29, 1.82) is 0 Å². The van der Waals surface area contributed by atoms with E-state index < -0.39 is 0 Å². The van der Waals surface area contributed by atoms with E-state index in [4.69, 9.17) is 5.73 Å². The summed E-state index contributed by atoms with van der Waals surface area (Å²) >= 11 is 0. The molecule has 0 aromatic heterocycles. The predicted octanol–water partition coefficient (Wildman–Crippen LogP) is 9.39. The summed E-state index contributed by atoms with van der Waals surface area (Å²) in [5.74, 6) is 0.814. The molecule has 0 aliphatic carbocycles. The van der Waals surface area contributed by atoms with E-state index in [-0.39, 0.29) is 0 Å². The van der Waals surface area contributed by atoms with Crippen molar-refractivity contribution in [2.75, 3.05) is 6.54 Å². The van der Waals surface area contributed by atoms with E-state index in [1.807, 2.05) is 13.0 Å². The largest absolute Gasteiger partial charge is 0.386 e. The lowest BCUT2D eigenvalue weighted by atomic mass is 10.0. The van der Waals surface area contributed by atoms with Crippen LogP contribution in [0.5, 0.6) is 0 Å². The molecule has 0 atom stereocenters. The van der Waals surface area contributed by atoms with Gasteiger partial charge < -0.3 is 11.1 Å². The smallest absolute Gasteiger partial charge is 0.0916 e. The molecule has 0 radical (unpaired) electrons. The van der Waals surface area contributed by atoms with Gasteiger partial charge in [0.2, 0.25) is 0 Å². The summed E-state index contributed by atoms with van der Waals surface area (Å²) in [7, 11) is 0. The van der Waals surface area contributed by atoms with Gasteiger partial charge in [0.15, 0.2) is 0 Å². The third kappa shape index (κ3) is 25.4. The molecule has 0 saturated heterocycles. The molecule has 0 heterocycles. The minimum Gasteiger partial charge on any atom is -0.386 e. The van der Waals surface area contributed by atoms with E-state index in [0.717, 1.165) is 12.4 Å². The Morgan fingerprint density at radius 2 is 0.767 bits per heavy atom. The fourth-order valence-corrected chi connectivity index (χ4v) is 4.25. The monoisotopic (exact) mass is 422 g/mol. The summed E-state index contributed by atoms with van der Waals surface area (Å²) in [6.07, 6.45) is 35.1. The number of nitrogens with one attached hydrogen (secondary N) is 1. The molecule has 30 heavy (non-hydrogen) atoms. The molecule has 0 aromatic carbocycles. The van der Waals surface area contributed by atoms with Crippen molar-refractivity contribution >= 4 is 0 Å². The minimum absolute atomic E-state index is 0.814. The van der Waals surface area contributed by atoms with Gasteiger partial charge in [0.05, 0.1) is 5.82 Å². The van der Waals surface area contributed by atoms with Crippen molar-refractivity contribution in [3.05, 3.63) is 11.9 Å². The highest BCUT2D eigenvalue weighted by molar-refractivity contribution is 4.90.